The molecule has 1 atom stereocenters. The fourth-order valence-electron chi connectivity index (χ4n) is 5.58. The summed E-state index contributed by atoms with van der Waals surface area (Å²) in [6, 6.07) is 4.07. The third-order valence-corrected chi connectivity index (χ3v) is 7.06. The number of urea groups is 1. The van der Waals surface area contributed by atoms with Gasteiger partial charge in [-0.2, -0.15) is 0 Å². The van der Waals surface area contributed by atoms with Crippen LogP contribution in [-0.4, -0.2) is 65.0 Å². The van der Waals surface area contributed by atoms with Gasteiger partial charge in [0, 0.05) is 31.5 Å². The van der Waals surface area contributed by atoms with Crippen LogP contribution < -0.4 is 5.32 Å². The van der Waals surface area contributed by atoms with Gasteiger partial charge in [-0.3, -0.25) is 14.6 Å². The maximum absolute atomic E-state index is 13.4. The molecule has 1 unspecified atom stereocenters. The minimum Gasteiger partial charge on any atom is -0.465 e. The van der Waals surface area contributed by atoms with E-state index in [1.54, 1.807) is 11.8 Å². The smallest absolute Gasteiger partial charge is 0.325 e. The summed E-state index contributed by atoms with van der Waals surface area (Å²) < 4.78 is 4.85. The number of hydrogen-bond acceptors (Lipinski definition) is 5. The van der Waals surface area contributed by atoms with E-state index >= 15 is 0 Å². The number of likely N-dealkylation sites (tertiary alicyclic amines) is 2. The van der Waals surface area contributed by atoms with Crippen LogP contribution in [0, 0.1) is 5.41 Å². The molecule has 3 fully saturated rings. The molecule has 168 valence electrons. The van der Waals surface area contributed by atoms with Crippen LogP contribution in [0.4, 0.5) is 4.79 Å². The summed E-state index contributed by atoms with van der Waals surface area (Å²) in [5, 5.41) is 2.62. The van der Waals surface area contributed by atoms with Gasteiger partial charge in [-0.1, -0.05) is 19.3 Å². The van der Waals surface area contributed by atoms with Gasteiger partial charge in [-0.15, -0.1) is 0 Å². The summed E-state index contributed by atoms with van der Waals surface area (Å²) in [5.41, 5.74) is 0.916. The van der Waals surface area contributed by atoms with E-state index < -0.39 is 5.97 Å². The van der Waals surface area contributed by atoms with Crippen LogP contribution in [-0.2, 0) is 14.3 Å². The normalized spacial score (nSPS) is 23.4. The molecule has 0 aromatic carbocycles. The number of ether oxygens (including phenoxy) is 1. The van der Waals surface area contributed by atoms with Crippen LogP contribution in [0.15, 0.2) is 24.5 Å². The number of piperidine rings is 1. The minimum absolute atomic E-state index is 0.109. The third-order valence-electron chi connectivity index (χ3n) is 7.06. The Morgan fingerprint density at radius 3 is 2.48 bits per heavy atom. The number of esters is 1. The van der Waals surface area contributed by atoms with Crippen molar-refractivity contribution in [3.05, 3.63) is 30.1 Å². The molecule has 8 heteroatoms. The quantitative estimate of drug-likeness (QED) is 0.575. The number of hydrogen-bond donors (Lipinski definition) is 1. The van der Waals surface area contributed by atoms with Gasteiger partial charge in [0.15, 0.2) is 0 Å². The monoisotopic (exact) mass is 428 g/mol. The highest BCUT2D eigenvalue weighted by Gasteiger charge is 2.62. The molecule has 31 heavy (non-hydrogen) atoms. The Hall–Kier alpha value is -2.64. The van der Waals surface area contributed by atoms with E-state index in [9.17, 15) is 14.4 Å². The standard InChI is InChI=1S/C23H32N4O4/c1-2-31-19(28)16-25-22(30)26-14-8-18(9-15-26)27-20(17-6-12-24-13-7-17)23(21(27)29)10-4-3-5-11-23/h6-7,12-13,18,20H,2-5,8-11,14-16H2,1H3,(H,25,30). The topological polar surface area (TPSA) is 91.8 Å². The van der Waals surface area contributed by atoms with Crippen LogP contribution in [0.5, 0.6) is 0 Å². The van der Waals surface area contributed by atoms with Gasteiger partial charge < -0.3 is 19.9 Å². The Bertz CT molecular complexity index is 801. The van der Waals surface area contributed by atoms with E-state index in [2.05, 4.69) is 15.2 Å². The van der Waals surface area contributed by atoms with Crippen LogP contribution >= 0.6 is 0 Å². The minimum atomic E-state index is -0.435. The number of nitrogens with one attached hydrogen (secondary N) is 1. The fraction of sp³-hybridized carbons (Fsp3) is 0.652. The van der Waals surface area contributed by atoms with E-state index in [0.717, 1.165) is 38.5 Å². The average Bonchev–Trinajstić information content (AvgIpc) is 2.82. The molecule has 1 aliphatic carbocycles. The van der Waals surface area contributed by atoms with Crippen molar-refractivity contribution in [2.24, 2.45) is 5.41 Å². The molecular formula is C23H32N4O4. The van der Waals surface area contributed by atoms with Crippen LogP contribution in [0.3, 0.4) is 0 Å². The van der Waals surface area contributed by atoms with Crippen LogP contribution in [0.2, 0.25) is 0 Å². The van der Waals surface area contributed by atoms with E-state index in [1.807, 2.05) is 24.5 Å². The Labute approximate surface area is 183 Å². The van der Waals surface area contributed by atoms with E-state index in [0.29, 0.717) is 25.6 Å². The summed E-state index contributed by atoms with van der Waals surface area (Å²) in [5.74, 6) is -0.144. The lowest BCUT2D eigenvalue weighted by Gasteiger charge is -2.61. The molecule has 1 spiro atoms. The van der Waals surface area contributed by atoms with Crippen LogP contribution in [0.1, 0.15) is 63.5 Å². The predicted octanol–water partition coefficient (Wildman–Crippen LogP) is 2.65. The van der Waals surface area contributed by atoms with Gasteiger partial charge in [0.05, 0.1) is 18.1 Å². The highest BCUT2D eigenvalue weighted by molar-refractivity contribution is 5.91. The van der Waals surface area contributed by atoms with Crippen LogP contribution in [0.25, 0.3) is 0 Å². The first-order chi connectivity index (χ1) is 15.1. The molecule has 3 heterocycles. The highest BCUT2D eigenvalue weighted by Crippen LogP contribution is 2.59. The number of rotatable bonds is 5. The number of carbonyl (C=O) groups is 3. The number of nitrogens with zero attached hydrogens (tertiary/aromatic N) is 3. The van der Waals surface area contributed by atoms with Gasteiger partial charge in [0.2, 0.25) is 5.91 Å². The zero-order valence-electron chi connectivity index (χ0n) is 18.2. The lowest BCUT2D eigenvalue weighted by Crippen LogP contribution is -2.68. The van der Waals surface area contributed by atoms with Gasteiger partial charge >= 0.3 is 12.0 Å². The molecule has 1 N–H and O–H groups in total. The number of amides is 3. The second-order valence-electron chi connectivity index (χ2n) is 8.79. The maximum atomic E-state index is 13.4. The Morgan fingerprint density at radius 2 is 1.84 bits per heavy atom. The molecule has 0 radical (unpaired) electrons. The van der Waals surface area contributed by atoms with Crippen molar-refractivity contribution in [1.29, 1.82) is 0 Å². The van der Waals surface area contributed by atoms with Crippen molar-refractivity contribution in [2.75, 3.05) is 26.2 Å². The van der Waals surface area contributed by atoms with Gasteiger partial charge in [-0.25, -0.2) is 4.79 Å². The number of β-lactam (4-membered cyclic amide) rings is 1. The van der Waals surface area contributed by atoms with Crippen molar-refractivity contribution >= 4 is 17.9 Å². The van der Waals surface area contributed by atoms with Crippen molar-refractivity contribution in [1.82, 2.24) is 20.1 Å². The average molecular weight is 429 g/mol. The Morgan fingerprint density at radius 1 is 1.16 bits per heavy atom. The zero-order valence-corrected chi connectivity index (χ0v) is 18.2. The molecule has 0 bridgehead atoms. The number of aromatic nitrogens is 1. The lowest BCUT2D eigenvalue weighted by molar-refractivity contribution is -0.186. The van der Waals surface area contributed by atoms with Crippen molar-refractivity contribution in [3.63, 3.8) is 0 Å². The molecule has 2 aliphatic heterocycles. The first-order valence-electron chi connectivity index (χ1n) is 11.5. The summed E-state index contributed by atoms with van der Waals surface area (Å²) in [4.78, 5) is 45.3. The molecule has 3 amide bonds. The van der Waals surface area contributed by atoms with Gasteiger partial charge in [-0.05, 0) is 50.3 Å². The SMILES string of the molecule is CCOC(=O)CNC(=O)N1CCC(N2C(=O)C3(CCCCC3)C2c2ccncc2)CC1. The first-order valence-corrected chi connectivity index (χ1v) is 11.5. The van der Waals surface area contributed by atoms with Crippen molar-refractivity contribution < 1.29 is 19.1 Å². The molecular weight excluding hydrogens is 396 g/mol. The van der Waals surface area contributed by atoms with E-state index in [1.165, 1.54) is 12.0 Å². The number of pyridine rings is 1. The Balaban J connectivity index is 1.40. The first kappa shape index (κ1) is 21.6. The molecule has 1 saturated carbocycles. The molecule has 4 rings (SSSR count). The summed E-state index contributed by atoms with van der Waals surface area (Å²) >= 11 is 0. The number of carbonyl (C=O) groups excluding carboxylic acids is 3. The van der Waals surface area contributed by atoms with E-state index in [-0.39, 0.29) is 30.1 Å². The van der Waals surface area contributed by atoms with Gasteiger partial charge in [0.1, 0.15) is 6.54 Å². The second-order valence-corrected chi connectivity index (χ2v) is 8.79. The third kappa shape index (κ3) is 4.12. The molecule has 2 saturated heterocycles. The van der Waals surface area contributed by atoms with Gasteiger partial charge in [0.25, 0.3) is 0 Å². The summed E-state index contributed by atoms with van der Waals surface area (Å²) in [6.45, 7) is 3.05. The molecule has 1 aromatic rings. The summed E-state index contributed by atoms with van der Waals surface area (Å²) in [7, 11) is 0. The maximum Gasteiger partial charge on any atom is 0.325 e. The molecule has 3 aliphatic rings. The molecule has 1 aromatic heterocycles. The van der Waals surface area contributed by atoms with E-state index in [4.69, 9.17) is 4.74 Å². The van der Waals surface area contributed by atoms with Crippen molar-refractivity contribution in [2.45, 2.75) is 64.0 Å². The highest BCUT2D eigenvalue weighted by atomic mass is 16.5. The summed E-state index contributed by atoms with van der Waals surface area (Å²) in [6.07, 6.45) is 10.5. The largest absolute Gasteiger partial charge is 0.465 e. The second kappa shape index (κ2) is 9.24. The molecule has 8 nitrogen and oxygen atoms in total. The zero-order chi connectivity index (χ0) is 21.8. The van der Waals surface area contributed by atoms with Crippen molar-refractivity contribution in [3.8, 4) is 0 Å². The lowest BCUT2D eigenvalue weighted by atomic mass is 9.59. The fourth-order valence-corrected chi connectivity index (χ4v) is 5.58. The predicted molar refractivity (Wildman–Crippen MR) is 114 cm³/mol. The Kier molecular flexibility index (Phi) is 6.43.